The highest BCUT2D eigenvalue weighted by atomic mass is 16.5. The van der Waals surface area contributed by atoms with E-state index in [1.54, 1.807) is 7.11 Å². The van der Waals surface area contributed by atoms with E-state index in [0.717, 1.165) is 31.2 Å². The Morgan fingerprint density at radius 1 is 1.29 bits per heavy atom. The zero-order valence-corrected chi connectivity index (χ0v) is 13.6. The van der Waals surface area contributed by atoms with Crippen LogP contribution in [0, 0.1) is 5.92 Å². The van der Waals surface area contributed by atoms with Crippen molar-refractivity contribution >= 4 is 5.69 Å². The lowest BCUT2D eigenvalue weighted by Gasteiger charge is -2.41. The van der Waals surface area contributed by atoms with Gasteiger partial charge < -0.3 is 15.4 Å². The highest BCUT2D eigenvalue weighted by Crippen LogP contribution is 2.34. The number of hydrogen-bond donors (Lipinski definition) is 1. The third-order valence-corrected chi connectivity index (χ3v) is 4.78. The van der Waals surface area contributed by atoms with Crippen LogP contribution in [0.2, 0.25) is 0 Å². The molecule has 0 saturated heterocycles. The van der Waals surface area contributed by atoms with Crippen LogP contribution < -0.4 is 15.4 Å². The van der Waals surface area contributed by atoms with E-state index >= 15 is 0 Å². The third kappa shape index (κ3) is 4.13. The second-order valence-corrected chi connectivity index (χ2v) is 6.06. The summed E-state index contributed by atoms with van der Waals surface area (Å²) in [5.41, 5.74) is 7.04. The van der Waals surface area contributed by atoms with Crippen molar-refractivity contribution in [3.05, 3.63) is 24.3 Å². The summed E-state index contributed by atoms with van der Waals surface area (Å²) in [5, 5.41) is 0. The minimum atomic E-state index is 0.655. The molecule has 118 valence electrons. The third-order valence-electron chi connectivity index (χ3n) is 4.78. The van der Waals surface area contributed by atoms with Gasteiger partial charge in [0.2, 0.25) is 0 Å². The maximum atomic E-state index is 5.76. The summed E-state index contributed by atoms with van der Waals surface area (Å²) in [6, 6.07) is 9.14. The quantitative estimate of drug-likeness (QED) is 0.829. The fourth-order valence-corrected chi connectivity index (χ4v) is 3.61. The van der Waals surface area contributed by atoms with Crippen LogP contribution in [0.25, 0.3) is 0 Å². The first-order valence-corrected chi connectivity index (χ1v) is 8.41. The molecule has 0 heterocycles. The minimum absolute atomic E-state index is 0.655. The molecule has 0 aliphatic heterocycles. The maximum absolute atomic E-state index is 5.76. The summed E-state index contributed by atoms with van der Waals surface area (Å²) in [6.45, 7) is 4.13. The summed E-state index contributed by atoms with van der Waals surface area (Å²) in [4.78, 5) is 2.59. The van der Waals surface area contributed by atoms with Gasteiger partial charge in [-0.3, -0.25) is 0 Å². The SMILES string of the molecule is CCC1CCCCC1N(CCCN)c1cccc(OC)c1. The number of anilines is 1. The number of nitrogens with zero attached hydrogens (tertiary/aromatic N) is 1. The molecule has 1 saturated carbocycles. The van der Waals surface area contributed by atoms with Crippen molar-refractivity contribution < 1.29 is 4.74 Å². The van der Waals surface area contributed by atoms with Crippen LogP contribution in [0.5, 0.6) is 5.75 Å². The number of benzene rings is 1. The fraction of sp³-hybridized carbons (Fsp3) is 0.667. The molecule has 1 aliphatic carbocycles. The van der Waals surface area contributed by atoms with E-state index in [0.29, 0.717) is 6.04 Å². The van der Waals surface area contributed by atoms with Crippen LogP contribution in [0.15, 0.2) is 24.3 Å². The highest BCUT2D eigenvalue weighted by molar-refractivity contribution is 5.51. The van der Waals surface area contributed by atoms with Crippen LogP contribution >= 0.6 is 0 Å². The molecule has 2 rings (SSSR count). The molecule has 1 aromatic carbocycles. The monoisotopic (exact) mass is 290 g/mol. The van der Waals surface area contributed by atoms with Gasteiger partial charge in [-0.05, 0) is 43.9 Å². The van der Waals surface area contributed by atoms with Crippen molar-refractivity contribution in [2.24, 2.45) is 11.7 Å². The van der Waals surface area contributed by atoms with Crippen molar-refractivity contribution in [3.63, 3.8) is 0 Å². The van der Waals surface area contributed by atoms with Crippen molar-refractivity contribution in [1.29, 1.82) is 0 Å². The van der Waals surface area contributed by atoms with Crippen LogP contribution in [0.1, 0.15) is 45.4 Å². The van der Waals surface area contributed by atoms with Gasteiger partial charge in [-0.25, -0.2) is 0 Å². The lowest BCUT2D eigenvalue weighted by Crippen LogP contribution is -2.43. The van der Waals surface area contributed by atoms with Gasteiger partial charge in [0.1, 0.15) is 5.75 Å². The molecule has 0 aromatic heterocycles. The zero-order chi connectivity index (χ0) is 15.1. The van der Waals surface area contributed by atoms with Gasteiger partial charge in [-0.2, -0.15) is 0 Å². The standard InChI is InChI=1S/C18H30N2O/c1-3-15-8-4-5-11-18(15)20(13-7-12-19)16-9-6-10-17(14-16)21-2/h6,9-10,14-15,18H,3-5,7-8,11-13,19H2,1-2H3. The van der Waals surface area contributed by atoms with Crippen LogP contribution in [0.4, 0.5) is 5.69 Å². The normalized spacial score (nSPS) is 22.0. The van der Waals surface area contributed by atoms with Gasteiger partial charge in [-0.15, -0.1) is 0 Å². The first kappa shape index (κ1) is 16.2. The van der Waals surface area contributed by atoms with E-state index in [4.69, 9.17) is 10.5 Å². The van der Waals surface area contributed by atoms with Crippen LogP contribution in [0.3, 0.4) is 0 Å². The number of methoxy groups -OCH3 is 1. The summed E-state index contributed by atoms with van der Waals surface area (Å²) in [6.07, 6.45) is 7.73. The molecule has 2 atom stereocenters. The summed E-state index contributed by atoms with van der Waals surface area (Å²) in [5.74, 6) is 1.75. The van der Waals surface area contributed by atoms with Gasteiger partial charge in [0.05, 0.1) is 7.11 Å². The Kier molecular flexibility index (Phi) is 6.37. The Bertz CT molecular complexity index is 421. The molecule has 0 radical (unpaired) electrons. The van der Waals surface area contributed by atoms with E-state index in [2.05, 4.69) is 30.0 Å². The molecule has 1 aliphatic rings. The Morgan fingerprint density at radius 3 is 2.81 bits per heavy atom. The first-order chi connectivity index (χ1) is 10.3. The van der Waals surface area contributed by atoms with Crippen LogP contribution in [-0.4, -0.2) is 26.2 Å². The number of hydrogen-bond acceptors (Lipinski definition) is 3. The zero-order valence-electron chi connectivity index (χ0n) is 13.6. The van der Waals surface area contributed by atoms with E-state index in [9.17, 15) is 0 Å². The Balaban J connectivity index is 2.23. The predicted molar refractivity (Wildman–Crippen MR) is 90.0 cm³/mol. The van der Waals surface area contributed by atoms with E-state index in [1.165, 1.54) is 37.8 Å². The summed E-state index contributed by atoms with van der Waals surface area (Å²) in [7, 11) is 1.73. The second kappa shape index (κ2) is 8.28. The molecular weight excluding hydrogens is 260 g/mol. The summed E-state index contributed by atoms with van der Waals surface area (Å²) < 4.78 is 5.40. The maximum Gasteiger partial charge on any atom is 0.120 e. The molecule has 2 unspecified atom stereocenters. The van der Waals surface area contributed by atoms with Gasteiger partial charge >= 0.3 is 0 Å². The largest absolute Gasteiger partial charge is 0.497 e. The Labute approximate surface area is 129 Å². The second-order valence-electron chi connectivity index (χ2n) is 6.06. The average molecular weight is 290 g/mol. The fourth-order valence-electron chi connectivity index (χ4n) is 3.61. The van der Waals surface area contributed by atoms with Crippen molar-refractivity contribution in [3.8, 4) is 5.75 Å². The highest BCUT2D eigenvalue weighted by Gasteiger charge is 2.29. The van der Waals surface area contributed by atoms with Crippen molar-refractivity contribution in [2.75, 3.05) is 25.1 Å². The van der Waals surface area contributed by atoms with E-state index in [-0.39, 0.29) is 0 Å². The van der Waals surface area contributed by atoms with Gasteiger partial charge in [-0.1, -0.05) is 32.3 Å². The molecule has 21 heavy (non-hydrogen) atoms. The lowest BCUT2D eigenvalue weighted by atomic mass is 9.81. The number of rotatable bonds is 7. The molecule has 2 N–H and O–H groups in total. The first-order valence-electron chi connectivity index (χ1n) is 8.41. The molecule has 0 bridgehead atoms. The number of ether oxygens (including phenoxy) is 1. The van der Waals surface area contributed by atoms with Gasteiger partial charge in [0.15, 0.2) is 0 Å². The molecule has 0 amide bonds. The molecule has 0 spiro atoms. The molecule has 1 fully saturated rings. The summed E-state index contributed by atoms with van der Waals surface area (Å²) >= 11 is 0. The van der Waals surface area contributed by atoms with E-state index < -0.39 is 0 Å². The Hall–Kier alpha value is -1.22. The molecule has 3 nitrogen and oxygen atoms in total. The van der Waals surface area contributed by atoms with Crippen LogP contribution in [-0.2, 0) is 0 Å². The predicted octanol–water partition coefficient (Wildman–Crippen LogP) is 3.82. The molecule has 3 heteroatoms. The van der Waals surface area contributed by atoms with E-state index in [1.807, 2.05) is 6.07 Å². The van der Waals surface area contributed by atoms with Gasteiger partial charge in [0, 0.05) is 24.3 Å². The van der Waals surface area contributed by atoms with Crippen molar-refractivity contribution in [1.82, 2.24) is 0 Å². The van der Waals surface area contributed by atoms with Gasteiger partial charge in [0.25, 0.3) is 0 Å². The molecule has 1 aromatic rings. The van der Waals surface area contributed by atoms with Crippen molar-refractivity contribution in [2.45, 2.75) is 51.5 Å². The lowest BCUT2D eigenvalue weighted by molar-refractivity contribution is 0.284. The average Bonchev–Trinajstić information content (AvgIpc) is 2.56. The number of nitrogens with two attached hydrogens (primary N) is 1. The molecular formula is C18H30N2O. The minimum Gasteiger partial charge on any atom is -0.497 e. The topological polar surface area (TPSA) is 38.5 Å². The smallest absolute Gasteiger partial charge is 0.120 e. The Morgan fingerprint density at radius 2 is 2.10 bits per heavy atom.